The first-order valence-electron chi connectivity index (χ1n) is 5.24. The van der Waals surface area contributed by atoms with Crippen molar-refractivity contribution in [1.29, 1.82) is 0 Å². The van der Waals surface area contributed by atoms with Crippen molar-refractivity contribution in [3.8, 4) is 0 Å². The molecule has 0 aliphatic carbocycles. The quantitative estimate of drug-likeness (QED) is 0.754. The predicted molar refractivity (Wildman–Crippen MR) is 58.8 cm³/mol. The number of aliphatic hydroxyl groups is 1. The minimum atomic E-state index is -0.819. The van der Waals surface area contributed by atoms with Crippen molar-refractivity contribution in [2.45, 2.75) is 25.9 Å². The van der Waals surface area contributed by atoms with Gasteiger partial charge >= 0.3 is 0 Å². The number of piperidine rings is 1. The predicted octanol–water partition coefficient (Wildman–Crippen LogP) is 1.48. The first-order chi connectivity index (χ1) is 7.18. The Labute approximate surface area is 89.3 Å². The molecule has 0 aromatic heterocycles. The molecule has 1 heterocycles. The molecule has 1 aliphatic rings. The van der Waals surface area contributed by atoms with Crippen LogP contribution >= 0.6 is 0 Å². The van der Waals surface area contributed by atoms with E-state index >= 15 is 0 Å². The Kier molecular flexibility index (Phi) is 2.73. The zero-order chi connectivity index (χ0) is 10.8. The molecular weight excluding hydrogens is 190 g/mol. The van der Waals surface area contributed by atoms with Crippen molar-refractivity contribution in [3.05, 3.63) is 29.8 Å². The topological polar surface area (TPSA) is 40.5 Å². The molecule has 2 rings (SSSR count). The zero-order valence-electron chi connectivity index (χ0n) is 8.81. The van der Waals surface area contributed by atoms with Gasteiger partial charge in [-0.05, 0) is 31.9 Å². The highest BCUT2D eigenvalue weighted by Crippen LogP contribution is 2.21. The third-order valence-electron chi connectivity index (χ3n) is 2.76. The van der Waals surface area contributed by atoms with Crippen molar-refractivity contribution < 1.29 is 9.90 Å². The molecule has 0 saturated carbocycles. The summed E-state index contributed by atoms with van der Waals surface area (Å²) >= 11 is 0. The normalized spacial score (nSPS) is 21.9. The second-order valence-corrected chi connectivity index (χ2v) is 3.98. The molecule has 1 unspecified atom stereocenters. The molecule has 1 amide bonds. The van der Waals surface area contributed by atoms with Gasteiger partial charge in [0, 0.05) is 12.2 Å². The minimum absolute atomic E-state index is 0.176. The van der Waals surface area contributed by atoms with Crippen LogP contribution in [-0.4, -0.2) is 23.7 Å². The number of hydrogen-bond donors (Lipinski definition) is 1. The van der Waals surface area contributed by atoms with Gasteiger partial charge in [0.15, 0.2) is 0 Å². The lowest BCUT2D eigenvalue weighted by molar-refractivity contribution is -0.128. The fourth-order valence-corrected chi connectivity index (χ4v) is 1.84. The molecular formula is C12H15NO2. The van der Waals surface area contributed by atoms with Crippen LogP contribution in [0.25, 0.3) is 0 Å². The van der Waals surface area contributed by atoms with Gasteiger partial charge in [0.1, 0.15) is 6.10 Å². The van der Waals surface area contributed by atoms with E-state index in [2.05, 4.69) is 0 Å². The average molecular weight is 205 g/mol. The fourth-order valence-electron chi connectivity index (χ4n) is 1.84. The van der Waals surface area contributed by atoms with Gasteiger partial charge in [-0.2, -0.15) is 0 Å². The molecule has 0 spiro atoms. The zero-order valence-corrected chi connectivity index (χ0v) is 8.81. The van der Waals surface area contributed by atoms with Crippen LogP contribution in [0.3, 0.4) is 0 Å². The standard InChI is InChI=1S/C12H15NO2/c1-9-4-6-10(7-5-9)13-8-2-3-11(14)12(13)15/h4-7,11,14H,2-3,8H2,1H3. The van der Waals surface area contributed by atoms with Gasteiger partial charge in [-0.25, -0.2) is 0 Å². The van der Waals surface area contributed by atoms with Crippen molar-refractivity contribution in [1.82, 2.24) is 0 Å². The van der Waals surface area contributed by atoms with Crippen LogP contribution in [-0.2, 0) is 4.79 Å². The second kappa shape index (κ2) is 4.03. The van der Waals surface area contributed by atoms with Crippen molar-refractivity contribution >= 4 is 11.6 Å². The van der Waals surface area contributed by atoms with Crippen LogP contribution in [0.4, 0.5) is 5.69 Å². The van der Waals surface area contributed by atoms with Gasteiger partial charge in [-0.1, -0.05) is 17.7 Å². The first kappa shape index (κ1) is 10.2. The summed E-state index contributed by atoms with van der Waals surface area (Å²) < 4.78 is 0. The van der Waals surface area contributed by atoms with E-state index in [-0.39, 0.29) is 5.91 Å². The Morgan fingerprint density at radius 3 is 2.67 bits per heavy atom. The molecule has 1 saturated heterocycles. The third kappa shape index (κ3) is 2.02. The smallest absolute Gasteiger partial charge is 0.255 e. The maximum absolute atomic E-state index is 11.7. The second-order valence-electron chi connectivity index (χ2n) is 3.98. The van der Waals surface area contributed by atoms with Gasteiger partial charge in [0.25, 0.3) is 5.91 Å². The SMILES string of the molecule is Cc1ccc(N2CCCC(O)C2=O)cc1. The van der Waals surface area contributed by atoms with Crippen molar-refractivity contribution in [3.63, 3.8) is 0 Å². The van der Waals surface area contributed by atoms with Crippen molar-refractivity contribution in [2.24, 2.45) is 0 Å². The number of nitrogens with zero attached hydrogens (tertiary/aromatic N) is 1. The molecule has 1 aliphatic heterocycles. The maximum Gasteiger partial charge on any atom is 0.255 e. The summed E-state index contributed by atoms with van der Waals surface area (Å²) in [5, 5.41) is 9.47. The highest BCUT2D eigenvalue weighted by Gasteiger charge is 2.27. The van der Waals surface area contributed by atoms with E-state index in [1.54, 1.807) is 4.90 Å². The summed E-state index contributed by atoms with van der Waals surface area (Å²) in [4.78, 5) is 13.3. The Hall–Kier alpha value is -1.35. The Morgan fingerprint density at radius 2 is 2.00 bits per heavy atom. The van der Waals surface area contributed by atoms with Crippen molar-refractivity contribution in [2.75, 3.05) is 11.4 Å². The fraction of sp³-hybridized carbons (Fsp3) is 0.417. The number of hydrogen-bond acceptors (Lipinski definition) is 2. The van der Waals surface area contributed by atoms with Gasteiger partial charge in [-0.3, -0.25) is 4.79 Å². The number of aliphatic hydroxyl groups excluding tert-OH is 1. The summed E-state index contributed by atoms with van der Waals surface area (Å²) in [5.74, 6) is -0.176. The molecule has 3 nitrogen and oxygen atoms in total. The molecule has 15 heavy (non-hydrogen) atoms. The lowest BCUT2D eigenvalue weighted by Crippen LogP contribution is -2.44. The van der Waals surface area contributed by atoms with E-state index in [1.165, 1.54) is 5.56 Å². The molecule has 0 bridgehead atoms. The van der Waals surface area contributed by atoms with Gasteiger partial charge in [-0.15, -0.1) is 0 Å². The monoisotopic (exact) mass is 205 g/mol. The lowest BCUT2D eigenvalue weighted by Gasteiger charge is -2.29. The summed E-state index contributed by atoms with van der Waals surface area (Å²) in [6, 6.07) is 7.80. The van der Waals surface area contributed by atoms with E-state index in [4.69, 9.17) is 0 Å². The molecule has 1 atom stereocenters. The van der Waals surface area contributed by atoms with E-state index in [0.717, 1.165) is 12.1 Å². The third-order valence-corrected chi connectivity index (χ3v) is 2.76. The molecule has 0 radical (unpaired) electrons. The van der Waals surface area contributed by atoms with E-state index in [1.807, 2.05) is 31.2 Å². The molecule has 3 heteroatoms. The van der Waals surface area contributed by atoms with Gasteiger partial charge < -0.3 is 10.0 Å². The van der Waals surface area contributed by atoms with Crippen LogP contribution in [0, 0.1) is 6.92 Å². The number of rotatable bonds is 1. The maximum atomic E-state index is 11.7. The number of anilines is 1. The summed E-state index contributed by atoms with van der Waals surface area (Å²) in [6.45, 7) is 2.72. The Bertz CT molecular complexity index is 358. The molecule has 80 valence electrons. The van der Waals surface area contributed by atoms with Crippen LogP contribution in [0.15, 0.2) is 24.3 Å². The van der Waals surface area contributed by atoms with E-state index < -0.39 is 6.10 Å². The van der Waals surface area contributed by atoms with Crippen LogP contribution in [0.2, 0.25) is 0 Å². The summed E-state index contributed by atoms with van der Waals surface area (Å²) in [6.07, 6.45) is 0.627. The van der Waals surface area contributed by atoms with Crippen LogP contribution in [0.5, 0.6) is 0 Å². The first-order valence-corrected chi connectivity index (χ1v) is 5.24. The van der Waals surface area contributed by atoms with Crippen LogP contribution in [0.1, 0.15) is 18.4 Å². The molecule has 1 N–H and O–H groups in total. The van der Waals surface area contributed by atoms with Crippen LogP contribution < -0.4 is 4.90 Å². The largest absolute Gasteiger partial charge is 0.383 e. The highest BCUT2D eigenvalue weighted by molar-refractivity contribution is 5.97. The average Bonchev–Trinajstić information content (AvgIpc) is 2.24. The van der Waals surface area contributed by atoms with Gasteiger partial charge in [0.05, 0.1) is 0 Å². The molecule has 1 fully saturated rings. The lowest BCUT2D eigenvalue weighted by atomic mass is 10.1. The number of carbonyl (C=O) groups excluding carboxylic acids is 1. The van der Waals surface area contributed by atoms with E-state index in [0.29, 0.717) is 13.0 Å². The molecule has 1 aromatic rings. The summed E-state index contributed by atoms with van der Waals surface area (Å²) in [5.41, 5.74) is 2.05. The number of carbonyl (C=O) groups is 1. The number of amides is 1. The van der Waals surface area contributed by atoms with Gasteiger partial charge in [0.2, 0.25) is 0 Å². The van der Waals surface area contributed by atoms with E-state index in [9.17, 15) is 9.90 Å². The highest BCUT2D eigenvalue weighted by atomic mass is 16.3. The number of aryl methyl sites for hydroxylation is 1. The minimum Gasteiger partial charge on any atom is -0.383 e. The summed E-state index contributed by atoms with van der Waals surface area (Å²) in [7, 11) is 0. The number of benzene rings is 1. The Balaban J connectivity index is 2.22. The molecule has 1 aromatic carbocycles. The Morgan fingerprint density at radius 1 is 1.33 bits per heavy atom.